The molecule has 1 aliphatic rings. The smallest absolute Gasteiger partial charge is 0.384 e. The Hall–Kier alpha value is -1.52. The molecule has 2 nitrogen and oxygen atoms in total. The molecule has 0 spiro atoms. The standard InChI is InChI=1S/C15H19F3N2/c16-15(17,18)13-9-12(14(19)20)8-7-11(13)6-5-10-3-1-2-4-10/h7-10H,1-6H2,(H3,19,20). The number of hydrogen-bond donors (Lipinski definition) is 2. The molecule has 3 N–H and O–H groups in total. The molecule has 2 rings (SSSR count). The van der Waals surface area contributed by atoms with Crippen molar-refractivity contribution in [3.05, 3.63) is 34.9 Å². The molecule has 1 fully saturated rings. The summed E-state index contributed by atoms with van der Waals surface area (Å²) in [5.41, 5.74) is 5.06. The van der Waals surface area contributed by atoms with Gasteiger partial charge in [-0.2, -0.15) is 13.2 Å². The van der Waals surface area contributed by atoms with E-state index in [-0.39, 0.29) is 11.4 Å². The van der Waals surface area contributed by atoms with E-state index < -0.39 is 11.7 Å². The van der Waals surface area contributed by atoms with E-state index in [0.29, 0.717) is 17.9 Å². The lowest BCUT2D eigenvalue weighted by Crippen LogP contribution is -2.15. The Balaban J connectivity index is 2.19. The van der Waals surface area contributed by atoms with Crippen molar-refractivity contribution < 1.29 is 13.2 Å². The Morgan fingerprint density at radius 3 is 2.45 bits per heavy atom. The molecule has 0 aliphatic heterocycles. The maximum absolute atomic E-state index is 13.1. The average Bonchev–Trinajstić information content (AvgIpc) is 2.88. The fourth-order valence-corrected chi connectivity index (χ4v) is 2.88. The van der Waals surface area contributed by atoms with Gasteiger partial charge in [-0.05, 0) is 30.4 Å². The fourth-order valence-electron chi connectivity index (χ4n) is 2.88. The molecule has 1 saturated carbocycles. The number of amidine groups is 1. The second-order valence-electron chi connectivity index (χ2n) is 5.47. The van der Waals surface area contributed by atoms with E-state index in [1.165, 1.54) is 25.0 Å². The number of nitrogen functional groups attached to an aromatic ring is 1. The molecule has 1 aromatic carbocycles. The minimum atomic E-state index is -4.39. The van der Waals surface area contributed by atoms with Gasteiger partial charge in [-0.3, -0.25) is 5.41 Å². The SMILES string of the molecule is N=C(N)c1ccc(CCC2CCCC2)c(C(F)(F)F)c1. The Labute approximate surface area is 116 Å². The zero-order chi connectivity index (χ0) is 14.8. The summed E-state index contributed by atoms with van der Waals surface area (Å²) in [6.07, 6.45) is 1.51. The van der Waals surface area contributed by atoms with Crippen LogP contribution >= 0.6 is 0 Å². The van der Waals surface area contributed by atoms with Crippen LogP contribution in [0.15, 0.2) is 18.2 Å². The summed E-state index contributed by atoms with van der Waals surface area (Å²) >= 11 is 0. The van der Waals surface area contributed by atoms with Crippen molar-refractivity contribution in [2.24, 2.45) is 11.7 Å². The Morgan fingerprint density at radius 2 is 1.90 bits per heavy atom. The summed E-state index contributed by atoms with van der Waals surface area (Å²) in [6, 6.07) is 3.96. The maximum atomic E-state index is 13.1. The van der Waals surface area contributed by atoms with Gasteiger partial charge in [-0.15, -0.1) is 0 Å². The molecule has 0 bridgehead atoms. The first-order valence-corrected chi connectivity index (χ1v) is 6.92. The summed E-state index contributed by atoms with van der Waals surface area (Å²) in [5.74, 6) is 0.224. The second kappa shape index (κ2) is 5.85. The monoisotopic (exact) mass is 284 g/mol. The highest BCUT2D eigenvalue weighted by Gasteiger charge is 2.33. The Bertz CT molecular complexity index is 488. The van der Waals surface area contributed by atoms with Gasteiger partial charge in [0.1, 0.15) is 5.84 Å². The summed E-state index contributed by atoms with van der Waals surface area (Å²) < 4.78 is 39.2. The van der Waals surface area contributed by atoms with Crippen LogP contribution in [0.25, 0.3) is 0 Å². The van der Waals surface area contributed by atoms with Gasteiger partial charge in [0.15, 0.2) is 0 Å². The van der Waals surface area contributed by atoms with Crippen LogP contribution in [0.3, 0.4) is 0 Å². The van der Waals surface area contributed by atoms with Gasteiger partial charge in [0.25, 0.3) is 0 Å². The predicted molar refractivity (Wildman–Crippen MR) is 72.7 cm³/mol. The number of nitrogens with two attached hydrogens (primary N) is 1. The van der Waals surface area contributed by atoms with Crippen LogP contribution in [0.4, 0.5) is 13.2 Å². The molecular formula is C15H19F3N2. The van der Waals surface area contributed by atoms with Crippen LogP contribution in [-0.2, 0) is 12.6 Å². The van der Waals surface area contributed by atoms with Crippen LogP contribution in [0, 0.1) is 11.3 Å². The molecule has 5 heteroatoms. The lowest BCUT2D eigenvalue weighted by molar-refractivity contribution is -0.138. The van der Waals surface area contributed by atoms with Gasteiger partial charge < -0.3 is 5.73 Å². The number of rotatable bonds is 4. The number of benzene rings is 1. The molecule has 0 saturated heterocycles. The zero-order valence-corrected chi connectivity index (χ0v) is 11.3. The molecule has 0 amide bonds. The van der Waals surface area contributed by atoms with E-state index in [0.717, 1.165) is 25.3 Å². The van der Waals surface area contributed by atoms with Crippen LogP contribution in [-0.4, -0.2) is 5.84 Å². The van der Waals surface area contributed by atoms with Crippen LogP contribution < -0.4 is 5.73 Å². The molecule has 1 aliphatic carbocycles. The summed E-state index contributed by atoms with van der Waals surface area (Å²) in [4.78, 5) is 0. The third-order valence-corrected chi connectivity index (χ3v) is 4.02. The first-order valence-electron chi connectivity index (χ1n) is 6.92. The minimum Gasteiger partial charge on any atom is -0.384 e. The molecule has 0 heterocycles. The maximum Gasteiger partial charge on any atom is 0.416 e. The number of alkyl halides is 3. The Morgan fingerprint density at radius 1 is 1.25 bits per heavy atom. The van der Waals surface area contributed by atoms with Crippen LogP contribution in [0.1, 0.15) is 48.8 Å². The summed E-state index contributed by atoms with van der Waals surface area (Å²) in [6.45, 7) is 0. The van der Waals surface area contributed by atoms with Crippen molar-refractivity contribution in [2.75, 3.05) is 0 Å². The van der Waals surface area contributed by atoms with E-state index in [4.69, 9.17) is 11.1 Å². The van der Waals surface area contributed by atoms with Crippen LogP contribution in [0.5, 0.6) is 0 Å². The molecule has 1 aromatic rings. The first kappa shape index (κ1) is 14.9. The highest BCUT2D eigenvalue weighted by Crippen LogP contribution is 2.35. The average molecular weight is 284 g/mol. The lowest BCUT2D eigenvalue weighted by Gasteiger charge is -2.16. The summed E-state index contributed by atoms with van der Waals surface area (Å²) in [7, 11) is 0. The van der Waals surface area contributed by atoms with E-state index >= 15 is 0 Å². The molecule has 20 heavy (non-hydrogen) atoms. The summed E-state index contributed by atoms with van der Waals surface area (Å²) in [5, 5.41) is 7.26. The number of hydrogen-bond acceptors (Lipinski definition) is 1. The van der Waals surface area contributed by atoms with Gasteiger partial charge >= 0.3 is 6.18 Å². The largest absolute Gasteiger partial charge is 0.416 e. The fraction of sp³-hybridized carbons (Fsp3) is 0.533. The topological polar surface area (TPSA) is 49.9 Å². The third kappa shape index (κ3) is 3.52. The van der Waals surface area contributed by atoms with Gasteiger partial charge in [0, 0.05) is 5.56 Å². The predicted octanol–water partition coefficient (Wildman–Crippen LogP) is 4.11. The van der Waals surface area contributed by atoms with Crippen molar-refractivity contribution in [1.29, 1.82) is 5.41 Å². The number of halogens is 3. The van der Waals surface area contributed by atoms with Gasteiger partial charge in [-0.1, -0.05) is 37.8 Å². The van der Waals surface area contributed by atoms with Gasteiger partial charge in [-0.25, -0.2) is 0 Å². The van der Waals surface area contributed by atoms with Crippen LogP contribution in [0.2, 0.25) is 0 Å². The second-order valence-corrected chi connectivity index (χ2v) is 5.47. The first-order chi connectivity index (χ1) is 9.38. The molecule has 0 radical (unpaired) electrons. The zero-order valence-electron chi connectivity index (χ0n) is 11.3. The van der Waals surface area contributed by atoms with Gasteiger partial charge in [0.05, 0.1) is 5.56 Å². The van der Waals surface area contributed by atoms with E-state index in [1.807, 2.05) is 0 Å². The van der Waals surface area contributed by atoms with Crippen molar-refractivity contribution in [3.8, 4) is 0 Å². The highest BCUT2D eigenvalue weighted by atomic mass is 19.4. The van der Waals surface area contributed by atoms with Gasteiger partial charge in [0.2, 0.25) is 0 Å². The van der Waals surface area contributed by atoms with E-state index in [2.05, 4.69) is 0 Å². The van der Waals surface area contributed by atoms with Crippen molar-refractivity contribution in [1.82, 2.24) is 0 Å². The van der Waals surface area contributed by atoms with E-state index in [9.17, 15) is 13.2 Å². The van der Waals surface area contributed by atoms with Crippen molar-refractivity contribution in [3.63, 3.8) is 0 Å². The number of aryl methyl sites for hydroxylation is 1. The lowest BCUT2D eigenvalue weighted by atomic mass is 9.94. The van der Waals surface area contributed by atoms with Crippen molar-refractivity contribution >= 4 is 5.84 Å². The Kier molecular flexibility index (Phi) is 4.35. The quantitative estimate of drug-likeness (QED) is 0.634. The molecular weight excluding hydrogens is 265 g/mol. The minimum absolute atomic E-state index is 0.127. The molecule has 110 valence electrons. The van der Waals surface area contributed by atoms with E-state index in [1.54, 1.807) is 0 Å². The normalized spacial score (nSPS) is 16.6. The molecule has 0 unspecified atom stereocenters. The van der Waals surface area contributed by atoms with Crippen molar-refractivity contribution in [2.45, 2.75) is 44.7 Å². The molecule has 0 aromatic heterocycles. The highest BCUT2D eigenvalue weighted by molar-refractivity contribution is 5.95. The molecule has 0 atom stereocenters. The number of nitrogens with one attached hydrogen (secondary N) is 1. The third-order valence-electron chi connectivity index (χ3n) is 4.02.